The van der Waals surface area contributed by atoms with E-state index in [0.717, 1.165) is 31.2 Å². The number of hydrogen-bond acceptors (Lipinski definition) is 6. The molecule has 30 heavy (non-hydrogen) atoms. The second kappa shape index (κ2) is 7.69. The Hall–Kier alpha value is -1.84. The molecule has 2 heterocycles. The van der Waals surface area contributed by atoms with Crippen LogP contribution in [0.15, 0.2) is 23.0 Å². The largest absolute Gasteiger partial charge is 0.472 e. The number of esters is 1. The van der Waals surface area contributed by atoms with Crippen molar-refractivity contribution in [2.45, 2.75) is 71.7 Å². The summed E-state index contributed by atoms with van der Waals surface area (Å²) >= 11 is 0. The smallest absolute Gasteiger partial charge is 0.303 e. The fourth-order valence-electron chi connectivity index (χ4n) is 6.68. The summed E-state index contributed by atoms with van der Waals surface area (Å²) in [5.41, 5.74) is 0.190. The first-order valence-electron chi connectivity index (χ1n) is 11.2. The zero-order valence-electron chi connectivity index (χ0n) is 18.5. The van der Waals surface area contributed by atoms with Crippen LogP contribution in [0.25, 0.3) is 0 Å². The molecule has 3 aliphatic rings. The average molecular weight is 416 g/mol. The van der Waals surface area contributed by atoms with Crippen molar-refractivity contribution in [2.75, 3.05) is 13.2 Å². The first kappa shape index (κ1) is 21.4. The van der Waals surface area contributed by atoms with Crippen LogP contribution in [0.3, 0.4) is 0 Å². The Labute approximate surface area is 178 Å². The number of rotatable bonds is 4. The van der Waals surface area contributed by atoms with Crippen molar-refractivity contribution in [1.29, 1.82) is 5.26 Å². The molecular weight excluding hydrogens is 382 g/mol. The summed E-state index contributed by atoms with van der Waals surface area (Å²) in [7, 11) is 0. The van der Waals surface area contributed by atoms with Gasteiger partial charge in [-0.2, -0.15) is 5.26 Å². The molecule has 6 heteroatoms. The predicted octanol–water partition coefficient (Wildman–Crippen LogP) is 5.01. The Morgan fingerprint density at radius 2 is 2.03 bits per heavy atom. The third kappa shape index (κ3) is 3.18. The van der Waals surface area contributed by atoms with Crippen molar-refractivity contribution >= 4 is 5.97 Å². The van der Waals surface area contributed by atoms with Crippen molar-refractivity contribution in [1.82, 2.24) is 0 Å². The van der Waals surface area contributed by atoms with E-state index >= 15 is 0 Å². The fourth-order valence-corrected chi connectivity index (χ4v) is 6.68. The SMILES string of the molecule is CC(=O)OC(C[C@@]1(C)[C@H](C)CC[C@@]2(C#N)[C@H](C)C3(CC[C@H]12)OCCO3)c1ccoc1. The van der Waals surface area contributed by atoms with Crippen molar-refractivity contribution in [3.05, 3.63) is 24.2 Å². The van der Waals surface area contributed by atoms with Crippen LogP contribution >= 0.6 is 0 Å². The molecule has 164 valence electrons. The Bertz CT molecular complexity index is 808. The number of hydrogen-bond donors (Lipinski definition) is 0. The van der Waals surface area contributed by atoms with Gasteiger partial charge in [0.2, 0.25) is 0 Å². The van der Waals surface area contributed by atoms with Crippen molar-refractivity contribution in [2.24, 2.45) is 28.6 Å². The molecule has 0 amide bonds. The normalized spacial score (nSPS) is 38.6. The van der Waals surface area contributed by atoms with E-state index in [-0.39, 0.29) is 29.3 Å². The van der Waals surface area contributed by atoms with Gasteiger partial charge in [-0.05, 0) is 49.0 Å². The second-order valence-electron chi connectivity index (χ2n) is 9.78. The van der Waals surface area contributed by atoms with Crippen LogP contribution in [0.5, 0.6) is 0 Å². The van der Waals surface area contributed by atoms with E-state index in [0.29, 0.717) is 25.6 Å². The standard InChI is InChI=1S/C24H33NO5/c1-16-5-8-23(15-25)17(2)24(28-11-12-29-24)9-6-21(23)22(16,4)13-20(30-18(3)26)19-7-10-27-14-19/h7,10,14,16-17,20-21H,5-6,8-9,11-13H2,1-4H3/t16-,17+,20?,21-,22+,23-/m1/s1. The van der Waals surface area contributed by atoms with E-state index < -0.39 is 11.2 Å². The molecule has 0 N–H and O–H groups in total. The van der Waals surface area contributed by atoms with E-state index in [4.69, 9.17) is 18.6 Å². The van der Waals surface area contributed by atoms with Gasteiger partial charge in [0.1, 0.15) is 6.10 Å². The van der Waals surface area contributed by atoms with Gasteiger partial charge in [-0.3, -0.25) is 4.79 Å². The van der Waals surface area contributed by atoms with Crippen LogP contribution in [0.2, 0.25) is 0 Å². The van der Waals surface area contributed by atoms with Crippen LogP contribution in [-0.4, -0.2) is 25.0 Å². The minimum absolute atomic E-state index is 0.0100. The van der Waals surface area contributed by atoms with E-state index in [1.54, 1.807) is 12.5 Å². The van der Waals surface area contributed by atoms with Crippen molar-refractivity contribution < 1.29 is 23.4 Å². The summed E-state index contributed by atoms with van der Waals surface area (Å²) < 4.78 is 23.2. The summed E-state index contributed by atoms with van der Waals surface area (Å²) in [6.07, 6.45) is 7.03. The van der Waals surface area contributed by atoms with Gasteiger partial charge >= 0.3 is 5.97 Å². The van der Waals surface area contributed by atoms with Crippen LogP contribution in [0, 0.1) is 39.9 Å². The summed E-state index contributed by atoms with van der Waals surface area (Å²) in [6, 6.07) is 4.62. The average Bonchev–Trinajstić information content (AvgIpc) is 3.40. The van der Waals surface area contributed by atoms with E-state index in [9.17, 15) is 10.1 Å². The monoisotopic (exact) mass is 415 g/mol. The Morgan fingerprint density at radius 1 is 1.30 bits per heavy atom. The number of furan rings is 1. The maximum atomic E-state index is 11.9. The number of ether oxygens (including phenoxy) is 3. The highest BCUT2D eigenvalue weighted by atomic mass is 16.7. The lowest BCUT2D eigenvalue weighted by atomic mass is 9.43. The highest BCUT2D eigenvalue weighted by molar-refractivity contribution is 5.66. The molecular formula is C24H33NO5. The molecule has 4 rings (SSSR count). The molecule has 1 aromatic heterocycles. The summed E-state index contributed by atoms with van der Waals surface area (Å²) in [4.78, 5) is 11.9. The predicted molar refractivity (Wildman–Crippen MR) is 109 cm³/mol. The van der Waals surface area contributed by atoms with Gasteiger partial charge in [0, 0.05) is 24.8 Å². The van der Waals surface area contributed by atoms with Crippen molar-refractivity contribution in [3.63, 3.8) is 0 Å². The number of nitrogens with zero attached hydrogens (tertiary/aromatic N) is 1. The Morgan fingerprint density at radius 3 is 2.63 bits per heavy atom. The Kier molecular flexibility index (Phi) is 5.48. The lowest BCUT2D eigenvalue weighted by Gasteiger charge is -2.61. The number of nitriles is 1. The zero-order chi connectivity index (χ0) is 21.6. The minimum atomic E-state index is -0.631. The van der Waals surface area contributed by atoms with Crippen LogP contribution in [0.4, 0.5) is 0 Å². The molecule has 6 atom stereocenters. The van der Waals surface area contributed by atoms with E-state index in [1.165, 1.54) is 6.92 Å². The summed E-state index contributed by atoms with van der Waals surface area (Å²) in [6.45, 7) is 9.33. The maximum absolute atomic E-state index is 11.9. The third-order valence-corrected chi connectivity index (χ3v) is 8.58. The Balaban J connectivity index is 1.70. The first-order chi connectivity index (χ1) is 14.3. The van der Waals surface area contributed by atoms with Gasteiger partial charge in [-0.25, -0.2) is 0 Å². The molecule has 0 aromatic carbocycles. The molecule has 0 radical (unpaired) electrons. The van der Waals surface area contributed by atoms with Gasteiger partial charge in [-0.15, -0.1) is 0 Å². The highest BCUT2D eigenvalue weighted by Gasteiger charge is 2.65. The highest BCUT2D eigenvalue weighted by Crippen LogP contribution is 2.66. The lowest BCUT2D eigenvalue weighted by Crippen LogP contribution is -2.61. The molecule has 1 spiro atoms. The minimum Gasteiger partial charge on any atom is -0.472 e. The second-order valence-corrected chi connectivity index (χ2v) is 9.78. The zero-order valence-corrected chi connectivity index (χ0v) is 18.5. The molecule has 1 aliphatic heterocycles. The van der Waals surface area contributed by atoms with Gasteiger partial charge in [0.15, 0.2) is 5.79 Å². The number of carbonyl (C=O) groups excluding carboxylic acids is 1. The summed E-state index contributed by atoms with van der Waals surface area (Å²) in [5, 5.41) is 10.5. The van der Waals surface area contributed by atoms with Gasteiger partial charge < -0.3 is 18.6 Å². The van der Waals surface area contributed by atoms with Crippen LogP contribution in [0.1, 0.15) is 71.5 Å². The molecule has 1 aromatic rings. The molecule has 1 saturated heterocycles. The third-order valence-electron chi connectivity index (χ3n) is 8.58. The van der Waals surface area contributed by atoms with Gasteiger partial charge in [0.25, 0.3) is 0 Å². The van der Waals surface area contributed by atoms with Crippen LogP contribution in [-0.2, 0) is 19.0 Å². The molecule has 6 nitrogen and oxygen atoms in total. The van der Waals surface area contributed by atoms with Gasteiger partial charge in [-0.1, -0.05) is 20.8 Å². The number of fused-ring (bicyclic) bond motifs is 1. The molecule has 2 aliphatic carbocycles. The van der Waals surface area contributed by atoms with Crippen LogP contribution < -0.4 is 0 Å². The molecule has 1 unspecified atom stereocenters. The van der Waals surface area contributed by atoms with E-state index in [1.807, 2.05) is 6.07 Å². The first-order valence-corrected chi connectivity index (χ1v) is 11.2. The molecule has 2 saturated carbocycles. The topological polar surface area (TPSA) is 81.7 Å². The summed E-state index contributed by atoms with van der Waals surface area (Å²) in [5.74, 6) is -0.362. The van der Waals surface area contributed by atoms with Crippen molar-refractivity contribution in [3.8, 4) is 6.07 Å². The quantitative estimate of drug-likeness (QED) is 0.643. The lowest BCUT2D eigenvalue weighted by molar-refractivity contribution is -0.265. The molecule has 0 bridgehead atoms. The molecule has 3 fully saturated rings. The van der Waals surface area contributed by atoms with E-state index in [2.05, 4.69) is 26.8 Å². The fraction of sp³-hybridized carbons (Fsp3) is 0.750. The number of carbonyl (C=O) groups is 1. The van der Waals surface area contributed by atoms with Gasteiger partial charge in [0.05, 0.1) is 37.2 Å². The maximum Gasteiger partial charge on any atom is 0.303 e.